The van der Waals surface area contributed by atoms with E-state index in [4.69, 9.17) is 19.9 Å². The third-order valence-corrected chi connectivity index (χ3v) is 4.19. The van der Waals surface area contributed by atoms with Crippen molar-refractivity contribution < 1.29 is 14.2 Å². The second-order valence-electron chi connectivity index (χ2n) is 5.72. The van der Waals surface area contributed by atoms with Gasteiger partial charge in [-0.2, -0.15) is 0 Å². The lowest BCUT2D eigenvalue weighted by molar-refractivity contribution is 0.324. The van der Waals surface area contributed by atoms with Gasteiger partial charge >= 0.3 is 0 Å². The number of aryl methyl sites for hydroxylation is 1. The maximum Gasteiger partial charge on any atom is 0.203 e. The molecule has 2 N–H and O–H groups in total. The maximum absolute atomic E-state index is 5.88. The first-order chi connectivity index (χ1) is 12.1. The summed E-state index contributed by atoms with van der Waals surface area (Å²) in [4.78, 5) is 0. The molecule has 0 unspecified atom stereocenters. The van der Waals surface area contributed by atoms with Gasteiger partial charge in [0.2, 0.25) is 5.75 Å². The lowest BCUT2D eigenvalue weighted by atomic mass is 10.1. The number of nitrogen functional groups attached to an aromatic ring is 1. The number of anilines is 1. The van der Waals surface area contributed by atoms with E-state index in [0.29, 0.717) is 17.2 Å². The SMILES string of the molecule is COc1cc(-c2cccn2-c2ccc(N)cc2C)cc(OC)c1OC. The fourth-order valence-corrected chi connectivity index (χ4v) is 3.00. The number of ether oxygens (including phenoxy) is 3. The topological polar surface area (TPSA) is 58.6 Å². The van der Waals surface area contributed by atoms with Gasteiger partial charge in [-0.3, -0.25) is 0 Å². The zero-order valence-electron chi connectivity index (χ0n) is 14.9. The molecule has 0 atom stereocenters. The molecule has 0 bridgehead atoms. The first-order valence-corrected chi connectivity index (χ1v) is 7.93. The Hall–Kier alpha value is -3.08. The fraction of sp³-hybridized carbons (Fsp3) is 0.200. The molecule has 25 heavy (non-hydrogen) atoms. The van der Waals surface area contributed by atoms with Gasteiger partial charge < -0.3 is 24.5 Å². The molecule has 3 aromatic rings. The van der Waals surface area contributed by atoms with Gasteiger partial charge in [-0.25, -0.2) is 0 Å². The molecule has 0 aliphatic heterocycles. The first kappa shape index (κ1) is 16.8. The molecule has 0 radical (unpaired) electrons. The van der Waals surface area contributed by atoms with E-state index in [-0.39, 0.29) is 0 Å². The molecule has 0 spiro atoms. The molecule has 5 nitrogen and oxygen atoms in total. The molecule has 0 saturated carbocycles. The number of aromatic nitrogens is 1. The van der Waals surface area contributed by atoms with Crippen molar-refractivity contribution in [3.05, 3.63) is 54.2 Å². The summed E-state index contributed by atoms with van der Waals surface area (Å²) in [6.45, 7) is 2.05. The number of hydrogen-bond donors (Lipinski definition) is 1. The minimum absolute atomic E-state index is 0.579. The van der Waals surface area contributed by atoms with Crippen LogP contribution in [0.15, 0.2) is 48.7 Å². The highest BCUT2D eigenvalue weighted by molar-refractivity contribution is 5.71. The molecular weight excluding hydrogens is 316 g/mol. The Morgan fingerprint density at radius 2 is 1.56 bits per heavy atom. The minimum atomic E-state index is 0.579. The molecule has 130 valence electrons. The van der Waals surface area contributed by atoms with E-state index in [0.717, 1.165) is 28.2 Å². The van der Waals surface area contributed by atoms with Gasteiger partial charge in [0.1, 0.15) is 0 Å². The molecule has 0 fully saturated rings. The highest BCUT2D eigenvalue weighted by atomic mass is 16.5. The van der Waals surface area contributed by atoms with Crippen molar-refractivity contribution in [2.45, 2.75) is 6.92 Å². The van der Waals surface area contributed by atoms with Gasteiger partial charge in [0.25, 0.3) is 0 Å². The lowest BCUT2D eigenvalue weighted by Gasteiger charge is -2.16. The molecular formula is C20H22N2O3. The number of nitrogens with zero attached hydrogens (tertiary/aromatic N) is 1. The standard InChI is InChI=1S/C20H22N2O3/c1-13-10-15(21)7-8-16(13)22-9-5-6-17(22)14-11-18(23-2)20(25-4)19(12-14)24-3/h5-12H,21H2,1-4H3. The molecule has 2 aromatic carbocycles. The Labute approximate surface area is 147 Å². The molecule has 0 saturated heterocycles. The average Bonchev–Trinajstić information content (AvgIpc) is 3.09. The summed E-state index contributed by atoms with van der Waals surface area (Å²) in [6.07, 6.45) is 2.02. The fourth-order valence-electron chi connectivity index (χ4n) is 3.00. The van der Waals surface area contributed by atoms with Gasteiger partial charge in [0.15, 0.2) is 11.5 Å². The normalized spacial score (nSPS) is 10.6. The van der Waals surface area contributed by atoms with Gasteiger partial charge in [-0.05, 0) is 55.0 Å². The number of hydrogen-bond acceptors (Lipinski definition) is 4. The third kappa shape index (κ3) is 3.01. The summed E-state index contributed by atoms with van der Waals surface area (Å²) in [5.74, 6) is 1.83. The minimum Gasteiger partial charge on any atom is -0.493 e. The number of benzene rings is 2. The van der Waals surface area contributed by atoms with Crippen LogP contribution in [-0.4, -0.2) is 25.9 Å². The summed E-state index contributed by atoms with van der Waals surface area (Å²) in [6, 6.07) is 13.8. The van der Waals surface area contributed by atoms with Crippen molar-refractivity contribution in [2.24, 2.45) is 0 Å². The summed E-state index contributed by atoms with van der Waals surface area (Å²) in [5, 5.41) is 0. The van der Waals surface area contributed by atoms with Crippen molar-refractivity contribution in [3.8, 4) is 34.2 Å². The first-order valence-electron chi connectivity index (χ1n) is 7.93. The van der Waals surface area contributed by atoms with Gasteiger partial charge in [-0.15, -0.1) is 0 Å². The van der Waals surface area contributed by atoms with E-state index in [1.54, 1.807) is 21.3 Å². The maximum atomic E-state index is 5.88. The van der Waals surface area contributed by atoms with Crippen LogP contribution in [0.2, 0.25) is 0 Å². The van der Waals surface area contributed by atoms with Crippen LogP contribution in [0.25, 0.3) is 16.9 Å². The van der Waals surface area contributed by atoms with E-state index >= 15 is 0 Å². The third-order valence-electron chi connectivity index (χ3n) is 4.19. The van der Waals surface area contributed by atoms with Crippen LogP contribution in [0, 0.1) is 6.92 Å². The van der Waals surface area contributed by atoms with Gasteiger partial charge in [0.05, 0.1) is 27.0 Å². The second-order valence-corrected chi connectivity index (χ2v) is 5.72. The van der Waals surface area contributed by atoms with E-state index < -0.39 is 0 Å². The molecule has 0 amide bonds. The molecule has 0 aliphatic rings. The zero-order chi connectivity index (χ0) is 18.0. The summed E-state index contributed by atoms with van der Waals surface area (Å²) < 4.78 is 18.5. The molecule has 3 rings (SSSR count). The summed E-state index contributed by atoms with van der Waals surface area (Å²) in [7, 11) is 4.83. The van der Waals surface area contributed by atoms with Crippen LogP contribution in [-0.2, 0) is 0 Å². The Kier molecular flexibility index (Phi) is 4.57. The highest BCUT2D eigenvalue weighted by Gasteiger charge is 2.16. The molecule has 5 heteroatoms. The average molecular weight is 338 g/mol. The van der Waals surface area contributed by atoms with Crippen molar-refractivity contribution in [1.82, 2.24) is 4.57 Å². The second kappa shape index (κ2) is 6.81. The Morgan fingerprint density at radius 1 is 0.880 bits per heavy atom. The zero-order valence-corrected chi connectivity index (χ0v) is 14.9. The number of rotatable bonds is 5. The lowest BCUT2D eigenvalue weighted by Crippen LogP contribution is -2.00. The predicted octanol–water partition coefficient (Wildman–Crippen LogP) is 4.06. The van der Waals surface area contributed by atoms with Crippen LogP contribution in [0.5, 0.6) is 17.2 Å². The van der Waals surface area contributed by atoms with E-state index in [9.17, 15) is 0 Å². The van der Waals surface area contributed by atoms with Gasteiger partial charge in [-0.1, -0.05) is 0 Å². The highest BCUT2D eigenvalue weighted by Crippen LogP contribution is 2.41. The Morgan fingerprint density at radius 3 is 2.12 bits per heavy atom. The van der Waals surface area contributed by atoms with Crippen LogP contribution < -0.4 is 19.9 Å². The summed E-state index contributed by atoms with van der Waals surface area (Å²) in [5.41, 5.74) is 10.8. The molecule has 1 heterocycles. The number of nitrogens with two attached hydrogens (primary N) is 1. The van der Waals surface area contributed by atoms with E-state index in [2.05, 4.69) is 10.6 Å². The smallest absolute Gasteiger partial charge is 0.203 e. The van der Waals surface area contributed by atoms with Crippen LogP contribution in [0.3, 0.4) is 0 Å². The van der Waals surface area contributed by atoms with Crippen molar-refractivity contribution in [2.75, 3.05) is 27.1 Å². The van der Waals surface area contributed by atoms with Crippen molar-refractivity contribution >= 4 is 5.69 Å². The largest absolute Gasteiger partial charge is 0.493 e. The summed E-state index contributed by atoms with van der Waals surface area (Å²) >= 11 is 0. The van der Waals surface area contributed by atoms with E-state index in [1.165, 1.54) is 0 Å². The van der Waals surface area contributed by atoms with Crippen LogP contribution in [0.1, 0.15) is 5.56 Å². The monoisotopic (exact) mass is 338 g/mol. The Balaban J connectivity index is 2.17. The van der Waals surface area contributed by atoms with Crippen LogP contribution >= 0.6 is 0 Å². The van der Waals surface area contributed by atoms with Crippen LogP contribution in [0.4, 0.5) is 5.69 Å². The van der Waals surface area contributed by atoms with Crippen molar-refractivity contribution in [3.63, 3.8) is 0 Å². The quantitative estimate of drug-likeness (QED) is 0.713. The predicted molar refractivity (Wildman–Crippen MR) is 100 cm³/mol. The molecule has 1 aromatic heterocycles. The van der Waals surface area contributed by atoms with Gasteiger partial charge in [0, 0.05) is 23.1 Å². The number of methoxy groups -OCH3 is 3. The van der Waals surface area contributed by atoms with Crippen molar-refractivity contribution in [1.29, 1.82) is 0 Å². The van der Waals surface area contributed by atoms with E-state index in [1.807, 2.05) is 49.5 Å². The molecule has 0 aliphatic carbocycles. The Bertz CT molecular complexity index is 875.